The number of hydrogen-bond donors (Lipinski definition) is 1. The Morgan fingerprint density at radius 3 is 2.93 bits per heavy atom. The fourth-order valence-electron chi connectivity index (χ4n) is 1.33. The van der Waals surface area contributed by atoms with Gasteiger partial charge in [-0.25, -0.2) is 4.98 Å². The van der Waals surface area contributed by atoms with Crippen LogP contribution in [0.2, 0.25) is 0 Å². The number of aryl methyl sites for hydroxylation is 2. The summed E-state index contributed by atoms with van der Waals surface area (Å²) in [4.78, 5) is 4.43. The maximum Gasteiger partial charge on any atom is 0.0928 e. The number of thiazole rings is 1. The molecule has 1 unspecified atom stereocenters. The first kappa shape index (κ1) is 11.6. The third kappa shape index (κ3) is 3.74. The molecule has 1 rings (SSSR count). The number of methoxy groups -OCH3 is 1. The minimum atomic E-state index is 0.434. The molecule has 0 aliphatic carbocycles. The molecule has 4 heteroatoms. The van der Waals surface area contributed by atoms with Crippen LogP contribution in [0.4, 0.5) is 0 Å². The quantitative estimate of drug-likeness (QED) is 0.781. The second-order valence-electron chi connectivity index (χ2n) is 3.36. The zero-order chi connectivity index (χ0) is 10.4. The summed E-state index contributed by atoms with van der Waals surface area (Å²) in [5.41, 5.74) is 1.12. The summed E-state index contributed by atoms with van der Waals surface area (Å²) in [5, 5.41) is 6.55. The normalized spacial score (nSPS) is 13.1. The number of ether oxygens (including phenoxy) is 1. The highest BCUT2D eigenvalue weighted by molar-refractivity contribution is 7.09. The first-order valence-electron chi connectivity index (χ1n) is 4.83. The summed E-state index contributed by atoms with van der Waals surface area (Å²) in [7, 11) is 3.70. The van der Waals surface area contributed by atoms with Gasteiger partial charge < -0.3 is 10.1 Å². The molecular weight excluding hydrogens is 196 g/mol. The zero-order valence-electron chi connectivity index (χ0n) is 9.04. The molecule has 1 aromatic rings. The van der Waals surface area contributed by atoms with Crippen LogP contribution in [0.5, 0.6) is 0 Å². The molecule has 1 aromatic heterocycles. The van der Waals surface area contributed by atoms with E-state index in [0.717, 1.165) is 25.1 Å². The SMILES string of the molecule is CNC(CCc1nc(C)cs1)COC. The van der Waals surface area contributed by atoms with Gasteiger partial charge in [0, 0.05) is 30.6 Å². The van der Waals surface area contributed by atoms with Crippen LogP contribution in [0.3, 0.4) is 0 Å². The van der Waals surface area contributed by atoms with E-state index in [2.05, 4.69) is 15.7 Å². The van der Waals surface area contributed by atoms with Gasteiger partial charge in [0.25, 0.3) is 0 Å². The molecule has 0 amide bonds. The van der Waals surface area contributed by atoms with Gasteiger partial charge in [-0.05, 0) is 20.4 Å². The van der Waals surface area contributed by atoms with Crippen LogP contribution in [0.1, 0.15) is 17.1 Å². The van der Waals surface area contributed by atoms with Crippen molar-refractivity contribution in [3.8, 4) is 0 Å². The Hall–Kier alpha value is -0.450. The van der Waals surface area contributed by atoms with Crippen LogP contribution < -0.4 is 5.32 Å². The number of aromatic nitrogens is 1. The van der Waals surface area contributed by atoms with E-state index in [1.807, 2.05) is 14.0 Å². The lowest BCUT2D eigenvalue weighted by atomic mass is 10.2. The van der Waals surface area contributed by atoms with Crippen molar-refractivity contribution in [2.45, 2.75) is 25.8 Å². The first-order valence-corrected chi connectivity index (χ1v) is 5.71. The van der Waals surface area contributed by atoms with E-state index in [4.69, 9.17) is 4.74 Å². The molecule has 1 N–H and O–H groups in total. The molecule has 1 atom stereocenters. The molecule has 0 fully saturated rings. The van der Waals surface area contributed by atoms with Crippen molar-refractivity contribution in [3.05, 3.63) is 16.1 Å². The minimum Gasteiger partial charge on any atom is -0.383 e. The van der Waals surface area contributed by atoms with E-state index in [1.165, 1.54) is 5.01 Å². The predicted molar refractivity (Wildman–Crippen MR) is 59.9 cm³/mol. The number of nitrogens with zero attached hydrogens (tertiary/aromatic N) is 1. The smallest absolute Gasteiger partial charge is 0.0928 e. The van der Waals surface area contributed by atoms with Gasteiger partial charge in [-0.2, -0.15) is 0 Å². The fraction of sp³-hybridized carbons (Fsp3) is 0.700. The van der Waals surface area contributed by atoms with Crippen LogP contribution in [-0.4, -0.2) is 31.8 Å². The second kappa shape index (κ2) is 6.11. The maximum absolute atomic E-state index is 5.11. The van der Waals surface area contributed by atoms with Crippen molar-refractivity contribution in [3.63, 3.8) is 0 Å². The zero-order valence-corrected chi connectivity index (χ0v) is 9.86. The highest BCUT2D eigenvalue weighted by Crippen LogP contribution is 2.11. The second-order valence-corrected chi connectivity index (χ2v) is 4.30. The van der Waals surface area contributed by atoms with Crippen LogP contribution in [0.15, 0.2) is 5.38 Å². The van der Waals surface area contributed by atoms with Crippen molar-refractivity contribution < 1.29 is 4.74 Å². The number of nitrogens with one attached hydrogen (secondary N) is 1. The monoisotopic (exact) mass is 214 g/mol. The Labute approximate surface area is 89.5 Å². The van der Waals surface area contributed by atoms with Crippen LogP contribution >= 0.6 is 11.3 Å². The van der Waals surface area contributed by atoms with E-state index in [1.54, 1.807) is 18.4 Å². The number of rotatable bonds is 6. The molecule has 80 valence electrons. The molecule has 0 aromatic carbocycles. The van der Waals surface area contributed by atoms with Gasteiger partial charge in [-0.1, -0.05) is 0 Å². The van der Waals surface area contributed by atoms with Gasteiger partial charge in [-0.3, -0.25) is 0 Å². The fourth-order valence-corrected chi connectivity index (χ4v) is 2.12. The Kier molecular flexibility index (Phi) is 5.07. The molecule has 0 aliphatic rings. The predicted octanol–water partition coefficient (Wildman–Crippen LogP) is 1.62. The Balaban J connectivity index is 2.31. The molecule has 0 saturated carbocycles. The molecule has 1 heterocycles. The van der Waals surface area contributed by atoms with Crippen LogP contribution in [0.25, 0.3) is 0 Å². The molecule has 0 radical (unpaired) electrons. The third-order valence-electron chi connectivity index (χ3n) is 2.15. The summed E-state index contributed by atoms with van der Waals surface area (Å²) < 4.78 is 5.11. The van der Waals surface area contributed by atoms with E-state index in [-0.39, 0.29) is 0 Å². The highest BCUT2D eigenvalue weighted by atomic mass is 32.1. The summed E-state index contributed by atoms with van der Waals surface area (Å²) in [5.74, 6) is 0. The van der Waals surface area contributed by atoms with Crippen molar-refractivity contribution >= 4 is 11.3 Å². The van der Waals surface area contributed by atoms with Gasteiger partial charge >= 0.3 is 0 Å². The molecule has 14 heavy (non-hydrogen) atoms. The lowest BCUT2D eigenvalue weighted by Gasteiger charge is -2.13. The topological polar surface area (TPSA) is 34.2 Å². The number of likely N-dealkylation sites (N-methyl/N-ethyl adjacent to an activating group) is 1. The molecular formula is C10H18N2OS. The lowest BCUT2D eigenvalue weighted by molar-refractivity contribution is 0.166. The molecule has 3 nitrogen and oxygen atoms in total. The lowest BCUT2D eigenvalue weighted by Crippen LogP contribution is -2.30. The van der Waals surface area contributed by atoms with E-state index in [9.17, 15) is 0 Å². The third-order valence-corrected chi connectivity index (χ3v) is 3.18. The maximum atomic E-state index is 5.11. The van der Waals surface area contributed by atoms with Gasteiger partial charge in [0.1, 0.15) is 0 Å². The Bertz CT molecular complexity index is 262. The van der Waals surface area contributed by atoms with Gasteiger partial charge in [-0.15, -0.1) is 11.3 Å². The van der Waals surface area contributed by atoms with Gasteiger partial charge in [0.2, 0.25) is 0 Å². The van der Waals surface area contributed by atoms with E-state index in [0.29, 0.717) is 6.04 Å². The Morgan fingerprint density at radius 1 is 1.64 bits per heavy atom. The van der Waals surface area contributed by atoms with E-state index >= 15 is 0 Å². The van der Waals surface area contributed by atoms with Crippen LogP contribution in [-0.2, 0) is 11.2 Å². The van der Waals surface area contributed by atoms with Crippen molar-refractivity contribution in [1.29, 1.82) is 0 Å². The molecule has 0 bridgehead atoms. The minimum absolute atomic E-state index is 0.434. The summed E-state index contributed by atoms with van der Waals surface area (Å²) >= 11 is 1.74. The Morgan fingerprint density at radius 2 is 2.43 bits per heavy atom. The molecule has 0 saturated heterocycles. The summed E-state index contributed by atoms with van der Waals surface area (Å²) in [6, 6.07) is 0.434. The molecule has 0 spiro atoms. The van der Waals surface area contributed by atoms with Crippen LogP contribution in [0, 0.1) is 6.92 Å². The van der Waals surface area contributed by atoms with Crippen molar-refractivity contribution in [1.82, 2.24) is 10.3 Å². The highest BCUT2D eigenvalue weighted by Gasteiger charge is 2.07. The van der Waals surface area contributed by atoms with Gasteiger partial charge in [0.15, 0.2) is 0 Å². The summed E-state index contributed by atoms with van der Waals surface area (Å²) in [6.45, 7) is 2.80. The average Bonchev–Trinajstić information content (AvgIpc) is 2.59. The van der Waals surface area contributed by atoms with Crippen molar-refractivity contribution in [2.24, 2.45) is 0 Å². The first-order chi connectivity index (χ1) is 6.76. The summed E-state index contributed by atoms with van der Waals surface area (Å²) in [6.07, 6.45) is 2.12. The largest absolute Gasteiger partial charge is 0.383 e. The standard InChI is InChI=1S/C10H18N2OS/c1-8-7-14-10(12-8)5-4-9(11-2)6-13-3/h7,9,11H,4-6H2,1-3H3. The molecule has 0 aliphatic heterocycles. The van der Waals surface area contributed by atoms with Crippen molar-refractivity contribution in [2.75, 3.05) is 20.8 Å². The van der Waals surface area contributed by atoms with Gasteiger partial charge in [0.05, 0.1) is 11.6 Å². The number of hydrogen-bond acceptors (Lipinski definition) is 4. The average molecular weight is 214 g/mol. The van der Waals surface area contributed by atoms with E-state index < -0.39 is 0 Å².